The zero-order valence-corrected chi connectivity index (χ0v) is 8.84. The molecule has 1 aromatic heterocycles. The molecule has 0 saturated heterocycles. The van der Waals surface area contributed by atoms with Gasteiger partial charge in [-0.2, -0.15) is 4.98 Å². The van der Waals surface area contributed by atoms with Crippen molar-refractivity contribution in [1.29, 1.82) is 0 Å². The molecule has 1 aromatic carbocycles. The van der Waals surface area contributed by atoms with Crippen molar-refractivity contribution in [1.82, 2.24) is 15.0 Å². The van der Waals surface area contributed by atoms with Gasteiger partial charge in [-0.05, 0) is 14.1 Å². The molecule has 0 aliphatic rings. The van der Waals surface area contributed by atoms with Crippen molar-refractivity contribution in [2.75, 3.05) is 14.1 Å². The van der Waals surface area contributed by atoms with E-state index in [1.54, 1.807) is 0 Å². The van der Waals surface area contributed by atoms with Crippen molar-refractivity contribution in [2.24, 2.45) is 0 Å². The van der Waals surface area contributed by atoms with Crippen molar-refractivity contribution in [3.63, 3.8) is 0 Å². The van der Waals surface area contributed by atoms with E-state index in [0.717, 1.165) is 5.56 Å². The van der Waals surface area contributed by atoms with Crippen LogP contribution in [0.1, 0.15) is 5.89 Å². The molecule has 0 fully saturated rings. The zero-order valence-electron chi connectivity index (χ0n) is 8.84. The molecule has 15 heavy (non-hydrogen) atoms. The third-order valence-electron chi connectivity index (χ3n) is 1.95. The molecule has 0 atom stereocenters. The number of nitrogens with zero attached hydrogens (tertiary/aromatic N) is 3. The topological polar surface area (TPSA) is 42.2 Å². The molecule has 0 amide bonds. The van der Waals surface area contributed by atoms with Crippen LogP contribution in [0.2, 0.25) is 0 Å². The summed E-state index contributed by atoms with van der Waals surface area (Å²) in [6, 6.07) is 9.80. The highest BCUT2D eigenvalue weighted by Crippen LogP contribution is 2.14. The first-order valence-electron chi connectivity index (χ1n) is 4.78. The summed E-state index contributed by atoms with van der Waals surface area (Å²) in [5.41, 5.74) is 0.978. The molecular weight excluding hydrogens is 190 g/mol. The van der Waals surface area contributed by atoms with Crippen molar-refractivity contribution < 1.29 is 4.52 Å². The second-order valence-corrected chi connectivity index (χ2v) is 3.62. The van der Waals surface area contributed by atoms with E-state index in [2.05, 4.69) is 10.1 Å². The maximum absolute atomic E-state index is 5.13. The Hall–Kier alpha value is -1.68. The van der Waals surface area contributed by atoms with E-state index in [-0.39, 0.29) is 0 Å². The Bertz CT molecular complexity index is 422. The standard InChI is InChI=1S/C11H13N3O/c1-14(2)8-10-12-11(13-15-10)9-6-4-3-5-7-9/h3-7H,8H2,1-2H3. The molecule has 0 bridgehead atoms. The first-order chi connectivity index (χ1) is 7.25. The molecule has 2 rings (SSSR count). The molecule has 0 N–H and O–H groups in total. The molecule has 0 radical (unpaired) electrons. The first-order valence-corrected chi connectivity index (χ1v) is 4.78. The van der Waals surface area contributed by atoms with E-state index >= 15 is 0 Å². The fraction of sp³-hybridized carbons (Fsp3) is 0.273. The molecule has 2 aromatic rings. The maximum atomic E-state index is 5.13. The SMILES string of the molecule is CN(C)Cc1nc(-c2ccccc2)no1. The average Bonchev–Trinajstić information content (AvgIpc) is 2.67. The van der Waals surface area contributed by atoms with Gasteiger partial charge in [-0.1, -0.05) is 35.5 Å². The van der Waals surface area contributed by atoms with E-state index in [0.29, 0.717) is 18.3 Å². The third-order valence-corrected chi connectivity index (χ3v) is 1.95. The van der Waals surface area contributed by atoms with Crippen LogP contribution in [0, 0.1) is 0 Å². The molecule has 0 aliphatic heterocycles. The summed E-state index contributed by atoms with van der Waals surface area (Å²) in [6.45, 7) is 0.667. The average molecular weight is 203 g/mol. The van der Waals surface area contributed by atoms with Crippen LogP contribution in [-0.4, -0.2) is 29.1 Å². The van der Waals surface area contributed by atoms with E-state index < -0.39 is 0 Å². The van der Waals surface area contributed by atoms with Crippen molar-refractivity contribution in [3.05, 3.63) is 36.2 Å². The van der Waals surface area contributed by atoms with E-state index in [1.807, 2.05) is 49.3 Å². The van der Waals surface area contributed by atoms with Crippen LogP contribution in [-0.2, 0) is 6.54 Å². The smallest absolute Gasteiger partial charge is 0.241 e. The monoisotopic (exact) mass is 203 g/mol. The van der Waals surface area contributed by atoms with Crippen molar-refractivity contribution in [2.45, 2.75) is 6.54 Å². The van der Waals surface area contributed by atoms with Gasteiger partial charge >= 0.3 is 0 Å². The summed E-state index contributed by atoms with van der Waals surface area (Å²) in [4.78, 5) is 6.29. The molecule has 0 unspecified atom stereocenters. The fourth-order valence-electron chi connectivity index (χ4n) is 1.29. The van der Waals surface area contributed by atoms with Crippen LogP contribution in [0.25, 0.3) is 11.4 Å². The Balaban J connectivity index is 2.21. The Kier molecular flexibility index (Phi) is 2.78. The van der Waals surface area contributed by atoms with Gasteiger partial charge in [-0.25, -0.2) is 0 Å². The second kappa shape index (κ2) is 4.23. The van der Waals surface area contributed by atoms with Crippen LogP contribution in [0.4, 0.5) is 0 Å². The van der Waals surface area contributed by atoms with Gasteiger partial charge in [0.25, 0.3) is 0 Å². The lowest BCUT2D eigenvalue weighted by atomic mass is 10.2. The Morgan fingerprint density at radius 1 is 1.20 bits per heavy atom. The summed E-state index contributed by atoms with van der Waals surface area (Å²) < 4.78 is 5.13. The van der Waals surface area contributed by atoms with Gasteiger partial charge in [0.2, 0.25) is 11.7 Å². The number of benzene rings is 1. The van der Waals surface area contributed by atoms with Crippen LogP contribution >= 0.6 is 0 Å². The lowest BCUT2D eigenvalue weighted by Crippen LogP contribution is -2.10. The lowest BCUT2D eigenvalue weighted by molar-refractivity contribution is 0.303. The number of rotatable bonds is 3. The Labute approximate surface area is 88.5 Å². The predicted molar refractivity (Wildman–Crippen MR) is 57.1 cm³/mol. The van der Waals surface area contributed by atoms with E-state index in [9.17, 15) is 0 Å². The third kappa shape index (κ3) is 2.41. The highest BCUT2D eigenvalue weighted by Gasteiger charge is 2.08. The summed E-state index contributed by atoms with van der Waals surface area (Å²) in [7, 11) is 3.93. The quantitative estimate of drug-likeness (QED) is 0.762. The maximum Gasteiger partial charge on any atom is 0.241 e. The number of hydrogen-bond acceptors (Lipinski definition) is 4. The molecular formula is C11H13N3O. The lowest BCUT2D eigenvalue weighted by Gasteiger charge is -2.02. The van der Waals surface area contributed by atoms with Gasteiger partial charge < -0.3 is 9.42 Å². The second-order valence-electron chi connectivity index (χ2n) is 3.62. The summed E-state index contributed by atoms with van der Waals surface area (Å²) in [6.07, 6.45) is 0. The first kappa shape index (κ1) is 9.86. The minimum atomic E-state index is 0.638. The van der Waals surface area contributed by atoms with Crippen molar-refractivity contribution >= 4 is 0 Å². The fourth-order valence-corrected chi connectivity index (χ4v) is 1.29. The molecule has 4 heteroatoms. The van der Waals surface area contributed by atoms with E-state index in [4.69, 9.17) is 4.52 Å². The predicted octanol–water partition coefficient (Wildman–Crippen LogP) is 1.80. The van der Waals surface area contributed by atoms with Gasteiger partial charge in [0.1, 0.15) is 0 Å². The molecule has 78 valence electrons. The van der Waals surface area contributed by atoms with E-state index in [1.165, 1.54) is 0 Å². The molecule has 0 saturated carbocycles. The molecule has 1 heterocycles. The van der Waals surface area contributed by atoms with Gasteiger partial charge in [0, 0.05) is 5.56 Å². The molecule has 0 spiro atoms. The zero-order chi connectivity index (χ0) is 10.7. The summed E-state index contributed by atoms with van der Waals surface area (Å²) in [5, 5.41) is 3.93. The van der Waals surface area contributed by atoms with Gasteiger partial charge in [-0.15, -0.1) is 0 Å². The highest BCUT2D eigenvalue weighted by molar-refractivity contribution is 5.53. The minimum absolute atomic E-state index is 0.638. The van der Waals surface area contributed by atoms with Crippen molar-refractivity contribution in [3.8, 4) is 11.4 Å². The minimum Gasteiger partial charge on any atom is -0.338 e. The Morgan fingerprint density at radius 3 is 2.60 bits per heavy atom. The molecule has 4 nitrogen and oxygen atoms in total. The van der Waals surface area contributed by atoms with Crippen LogP contribution < -0.4 is 0 Å². The van der Waals surface area contributed by atoms with Gasteiger partial charge in [-0.3, -0.25) is 0 Å². The Morgan fingerprint density at radius 2 is 1.93 bits per heavy atom. The van der Waals surface area contributed by atoms with Crippen LogP contribution in [0.5, 0.6) is 0 Å². The molecule has 0 aliphatic carbocycles. The van der Waals surface area contributed by atoms with Gasteiger partial charge in [0.05, 0.1) is 6.54 Å². The van der Waals surface area contributed by atoms with Gasteiger partial charge in [0.15, 0.2) is 0 Å². The summed E-state index contributed by atoms with van der Waals surface area (Å²) >= 11 is 0. The van der Waals surface area contributed by atoms with Crippen LogP contribution in [0.15, 0.2) is 34.9 Å². The number of hydrogen-bond donors (Lipinski definition) is 0. The number of aromatic nitrogens is 2. The summed E-state index contributed by atoms with van der Waals surface area (Å²) in [5.74, 6) is 1.28. The normalized spacial score (nSPS) is 10.9. The highest BCUT2D eigenvalue weighted by atomic mass is 16.5. The van der Waals surface area contributed by atoms with Crippen LogP contribution in [0.3, 0.4) is 0 Å². The largest absolute Gasteiger partial charge is 0.338 e.